The molecule has 0 saturated carbocycles. The average molecular weight is 263 g/mol. The van der Waals surface area contributed by atoms with E-state index in [0.29, 0.717) is 18.0 Å². The Morgan fingerprint density at radius 1 is 1.50 bits per heavy atom. The van der Waals surface area contributed by atoms with Crippen LogP contribution in [0.2, 0.25) is 0 Å². The van der Waals surface area contributed by atoms with E-state index in [4.69, 9.17) is 5.73 Å². The molecule has 0 aliphatic heterocycles. The summed E-state index contributed by atoms with van der Waals surface area (Å²) in [5.41, 5.74) is 7.40. The molecule has 18 heavy (non-hydrogen) atoms. The number of hydrogen-bond donors (Lipinski definition) is 1. The van der Waals surface area contributed by atoms with Gasteiger partial charge in [0.15, 0.2) is 5.82 Å². The molecule has 3 nitrogen and oxygen atoms in total. The molecular weight excluding hydrogens is 249 g/mol. The van der Waals surface area contributed by atoms with Gasteiger partial charge in [-0.05, 0) is 25.3 Å². The van der Waals surface area contributed by atoms with Gasteiger partial charge in [0.05, 0.1) is 11.9 Å². The lowest BCUT2D eigenvalue weighted by Crippen LogP contribution is -2.17. The minimum absolute atomic E-state index is 0.312. The zero-order valence-corrected chi connectivity index (χ0v) is 10.7. The molecule has 1 aliphatic rings. The predicted molar refractivity (Wildman–Crippen MR) is 70.0 cm³/mol. The van der Waals surface area contributed by atoms with Gasteiger partial charge < -0.3 is 5.73 Å². The highest BCUT2D eigenvalue weighted by Crippen LogP contribution is 2.38. The Morgan fingerprint density at radius 3 is 3.17 bits per heavy atom. The second-order valence-corrected chi connectivity index (χ2v) is 5.59. The van der Waals surface area contributed by atoms with Gasteiger partial charge in [0.1, 0.15) is 5.01 Å². The first-order valence-electron chi connectivity index (χ1n) is 6.09. The summed E-state index contributed by atoms with van der Waals surface area (Å²) in [5.74, 6) is 0.0246. The molecule has 3 rings (SSSR count). The van der Waals surface area contributed by atoms with Crippen LogP contribution in [0.3, 0.4) is 0 Å². The molecule has 2 aromatic rings. The van der Waals surface area contributed by atoms with Gasteiger partial charge in [-0.2, -0.15) is 0 Å². The summed E-state index contributed by atoms with van der Waals surface area (Å²) >= 11 is 1.59. The highest BCUT2D eigenvalue weighted by molar-refractivity contribution is 7.15. The Kier molecular flexibility index (Phi) is 3.09. The summed E-state index contributed by atoms with van der Waals surface area (Å²) in [5, 5.41) is 0.750. The van der Waals surface area contributed by atoms with Crippen LogP contribution in [0.5, 0.6) is 0 Å². The van der Waals surface area contributed by atoms with Crippen molar-refractivity contribution in [1.29, 1.82) is 0 Å². The third-order valence-electron chi connectivity index (χ3n) is 3.36. The van der Waals surface area contributed by atoms with Crippen LogP contribution >= 0.6 is 11.3 Å². The van der Waals surface area contributed by atoms with E-state index in [-0.39, 0.29) is 5.82 Å². The SMILES string of the molecule is NCC1CCCc2sc(-c3ccncc3F)nc21. The van der Waals surface area contributed by atoms with E-state index in [0.717, 1.165) is 30.0 Å². The standard InChI is InChI=1S/C13H14FN3S/c14-10-7-16-5-4-9(10)13-17-12-8(6-15)2-1-3-11(12)18-13/h4-5,7-8H,1-3,6,15H2. The third kappa shape index (κ3) is 1.93. The van der Waals surface area contributed by atoms with Gasteiger partial charge >= 0.3 is 0 Å². The zero-order valence-electron chi connectivity index (χ0n) is 9.90. The van der Waals surface area contributed by atoms with Crippen LogP contribution in [0.1, 0.15) is 29.3 Å². The predicted octanol–water partition coefficient (Wildman–Crippen LogP) is 2.72. The van der Waals surface area contributed by atoms with Crippen molar-refractivity contribution < 1.29 is 4.39 Å². The summed E-state index contributed by atoms with van der Waals surface area (Å²) in [6.45, 7) is 0.620. The van der Waals surface area contributed by atoms with E-state index >= 15 is 0 Å². The Bertz CT molecular complexity index is 567. The second-order valence-electron chi connectivity index (χ2n) is 4.51. The van der Waals surface area contributed by atoms with Gasteiger partial charge in [-0.3, -0.25) is 4.98 Å². The second kappa shape index (κ2) is 4.74. The number of hydrogen-bond acceptors (Lipinski definition) is 4. The molecule has 2 N–H and O–H groups in total. The Hall–Kier alpha value is -1.33. The molecule has 0 radical (unpaired) electrons. The van der Waals surface area contributed by atoms with Gasteiger partial charge in [-0.1, -0.05) is 0 Å². The molecule has 2 heterocycles. The first kappa shape index (κ1) is 11.7. The number of rotatable bonds is 2. The summed E-state index contributed by atoms with van der Waals surface area (Å²) in [7, 11) is 0. The topological polar surface area (TPSA) is 51.8 Å². The smallest absolute Gasteiger partial charge is 0.151 e. The molecule has 5 heteroatoms. The number of nitrogens with two attached hydrogens (primary N) is 1. The van der Waals surface area contributed by atoms with Crippen molar-refractivity contribution in [2.45, 2.75) is 25.2 Å². The Balaban J connectivity index is 2.05. The van der Waals surface area contributed by atoms with Gasteiger partial charge in [0, 0.05) is 29.1 Å². The van der Waals surface area contributed by atoms with Crippen molar-refractivity contribution in [3.63, 3.8) is 0 Å². The highest BCUT2D eigenvalue weighted by atomic mass is 32.1. The van der Waals surface area contributed by atoms with Crippen LogP contribution in [0.25, 0.3) is 10.6 Å². The van der Waals surface area contributed by atoms with E-state index in [9.17, 15) is 4.39 Å². The van der Waals surface area contributed by atoms with Crippen LogP contribution in [0, 0.1) is 5.82 Å². The first-order valence-corrected chi connectivity index (χ1v) is 6.90. The van der Waals surface area contributed by atoms with Gasteiger partial charge in [-0.25, -0.2) is 9.37 Å². The van der Waals surface area contributed by atoms with Crippen LogP contribution in [-0.4, -0.2) is 16.5 Å². The number of nitrogens with zero attached hydrogens (tertiary/aromatic N) is 2. The van der Waals surface area contributed by atoms with Crippen molar-refractivity contribution in [3.05, 3.63) is 34.8 Å². The van der Waals surface area contributed by atoms with Crippen LogP contribution in [-0.2, 0) is 6.42 Å². The van der Waals surface area contributed by atoms with E-state index in [2.05, 4.69) is 9.97 Å². The summed E-state index contributed by atoms with van der Waals surface area (Å²) in [6, 6.07) is 1.68. The first-order chi connectivity index (χ1) is 8.79. The van der Waals surface area contributed by atoms with Crippen molar-refractivity contribution in [1.82, 2.24) is 9.97 Å². The third-order valence-corrected chi connectivity index (χ3v) is 4.52. The van der Waals surface area contributed by atoms with Crippen molar-refractivity contribution in [2.24, 2.45) is 5.73 Å². The molecule has 2 aromatic heterocycles. The summed E-state index contributed by atoms with van der Waals surface area (Å²) in [6.07, 6.45) is 6.10. The van der Waals surface area contributed by atoms with E-state index in [1.165, 1.54) is 11.1 Å². The van der Waals surface area contributed by atoms with Crippen molar-refractivity contribution in [3.8, 4) is 10.6 Å². The average Bonchev–Trinajstić information content (AvgIpc) is 2.82. The number of pyridine rings is 1. The highest BCUT2D eigenvalue weighted by Gasteiger charge is 2.24. The molecule has 0 spiro atoms. The summed E-state index contributed by atoms with van der Waals surface area (Å²) < 4.78 is 13.7. The quantitative estimate of drug-likeness (QED) is 0.906. The van der Waals surface area contributed by atoms with Gasteiger partial charge in [0.2, 0.25) is 0 Å². The number of aryl methyl sites for hydroxylation is 1. The minimum Gasteiger partial charge on any atom is -0.330 e. The van der Waals surface area contributed by atoms with Gasteiger partial charge in [0.25, 0.3) is 0 Å². The Morgan fingerprint density at radius 2 is 2.39 bits per heavy atom. The van der Waals surface area contributed by atoms with E-state index in [1.807, 2.05) is 0 Å². The number of thiazole rings is 1. The molecule has 1 unspecified atom stereocenters. The normalized spacial score (nSPS) is 18.7. The monoisotopic (exact) mass is 263 g/mol. The molecule has 0 aromatic carbocycles. The fraction of sp³-hybridized carbons (Fsp3) is 0.385. The van der Waals surface area contributed by atoms with Crippen molar-refractivity contribution in [2.75, 3.05) is 6.54 Å². The maximum Gasteiger partial charge on any atom is 0.151 e. The van der Waals surface area contributed by atoms with Crippen LogP contribution < -0.4 is 5.73 Å². The lowest BCUT2D eigenvalue weighted by atomic mass is 9.91. The molecule has 94 valence electrons. The minimum atomic E-state index is -0.312. The molecule has 1 atom stereocenters. The molecule has 0 saturated heterocycles. The summed E-state index contributed by atoms with van der Waals surface area (Å²) in [4.78, 5) is 9.64. The number of aromatic nitrogens is 2. The van der Waals surface area contributed by atoms with E-state index in [1.54, 1.807) is 23.6 Å². The lowest BCUT2D eigenvalue weighted by molar-refractivity contribution is 0.554. The molecule has 0 fully saturated rings. The molecule has 0 bridgehead atoms. The lowest BCUT2D eigenvalue weighted by Gasteiger charge is -2.18. The fourth-order valence-electron chi connectivity index (χ4n) is 2.40. The molecule has 1 aliphatic carbocycles. The van der Waals surface area contributed by atoms with Crippen LogP contribution in [0.4, 0.5) is 4.39 Å². The van der Waals surface area contributed by atoms with Crippen molar-refractivity contribution >= 4 is 11.3 Å². The maximum atomic E-state index is 13.7. The largest absolute Gasteiger partial charge is 0.330 e. The van der Waals surface area contributed by atoms with Crippen LogP contribution in [0.15, 0.2) is 18.5 Å². The molecular formula is C13H14FN3S. The molecule has 0 amide bonds. The zero-order chi connectivity index (χ0) is 12.5. The number of fused-ring (bicyclic) bond motifs is 1. The van der Waals surface area contributed by atoms with E-state index < -0.39 is 0 Å². The maximum absolute atomic E-state index is 13.7. The number of halogens is 1. The van der Waals surface area contributed by atoms with Gasteiger partial charge in [-0.15, -0.1) is 11.3 Å². The Labute approximate surface area is 109 Å². The fourth-order valence-corrected chi connectivity index (χ4v) is 3.62.